The highest BCUT2D eigenvalue weighted by atomic mass is 35.5. The van der Waals surface area contributed by atoms with Crippen LogP contribution < -0.4 is 4.72 Å². The Labute approximate surface area is 129 Å². The summed E-state index contributed by atoms with van der Waals surface area (Å²) in [6, 6.07) is 15.3. The fourth-order valence-electron chi connectivity index (χ4n) is 1.79. The fraction of sp³-hybridized carbons (Fsp3) is 0.133. The van der Waals surface area contributed by atoms with Crippen LogP contribution in [-0.2, 0) is 23.0 Å². The Hall–Kier alpha value is -1.87. The van der Waals surface area contributed by atoms with E-state index in [9.17, 15) is 8.42 Å². The maximum atomic E-state index is 12.2. The number of hydrogen-bond donors (Lipinski definition) is 1. The molecule has 1 N–H and O–H groups in total. The molecule has 0 aliphatic rings. The predicted octanol–water partition coefficient (Wildman–Crippen LogP) is 2.88. The van der Waals surface area contributed by atoms with Crippen LogP contribution in [0.2, 0.25) is 5.02 Å². The van der Waals surface area contributed by atoms with Gasteiger partial charge < -0.3 is 0 Å². The van der Waals surface area contributed by atoms with Crippen LogP contribution in [0.5, 0.6) is 0 Å². The molecule has 0 aliphatic heterocycles. The highest BCUT2D eigenvalue weighted by Gasteiger charge is 2.13. The second-order valence-corrected chi connectivity index (χ2v) is 6.64. The van der Waals surface area contributed by atoms with Gasteiger partial charge in [0.05, 0.1) is 17.4 Å². The predicted molar refractivity (Wildman–Crippen MR) is 81.2 cm³/mol. The van der Waals surface area contributed by atoms with E-state index in [2.05, 4.69) is 4.72 Å². The Morgan fingerprint density at radius 2 is 1.81 bits per heavy atom. The van der Waals surface area contributed by atoms with Gasteiger partial charge in [-0.15, -0.1) is 0 Å². The summed E-state index contributed by atoms with van der Waals surface area (Å²) in [5.74, 6) is 0. The van der Waals surface area contributed by atoms with Crippen molar-refractivity contribution in [1.29, 1.82) is 5.26 Å². The molecule has 0 saturated carbocycles. The normalized spacial score (nSPS) is 11.0. The SMILES string of the molecule is N#CCc1ccc(S(=O)(=O)NCc2cccc(Cl)c2)cc1. The van der Waals surface area contributed by atoms with Crippen LogP contribution in [0.4, 0.5) is 0 Å². The molecule has 6 heteroatoms. The van der Waals surface area contributed by atoms with Crippen molar-refractivity contribution in [3.05, 3.63) is 64.7 Å². The summed E-state index contributed by atoms with van der Waals surface area (Å²) in [5, 5.41) is 9.15. The second kappa shape index (κ2) is 6.72. The van der Waals surface area contributed by atoms with Crippen molar-refractivity contribution < 1.29 is 8.42 Å². The molecule has 4 nitrogen and oxygen atoms in total. The van der Waals surface area contributed by atoms with Crippen molar-refractivity contribution in [2.24, 2.45) is 0 Å². The van der Waals surface area contributed by atoms with Crippen LogP contribution in [0.25, 0.3) is 0 Å². The Balaban J connectivity index is 2.09. The number of nitriles is 1. The Morgan fingerprint density at radius 1 is 1.10 bits per heavy atom. The zero-order valence-electron chi connectivity index (χ0n) is 11.1. The molecule has 0 fully saturated rings. The third-order valence-corrected chi connectivity index (χ3v) is 4.52. The number of sulfonamides is 1. The highest BCUT2D eigenvalue weighted by molar-refractivity contribution is 7.89. The van der Waals surface area contributed by atoms with Gasteiger partial charge >= 0.3 is 0 Å². The molecular formula is C15H13ClN2O2S. The van der Waals surface area contributed by atoms with Gasteiger partial charge in [-0.05, 0) is 35.4 Å². The molecule has 0 amide bonds. The summed E-state index contributed by atoms with van der Waals surface area (Å²) in [6.45, 7) is 0.169. The average Bonchev–Trinajstić information content (AvgIpc) is 2.46. The zero-order valence-corrected chi connectivity index (χ0v) is 12.7. The lowest BCUT2D eigenvalue weighted by Crippen LogP contribution is -2.23. The van der Waals surface area contributed by atoms with Crippen LogP contribution in [0.1, 0.15) is 11.1 Å². The van der Waals surface area contributed by atoms with Gasteiger partial charge in [0.2, 0.25) is 10.0 Å². The molecule has 2 aromatic rings. The summed E-state index contributed by atoms with van der Waals surface area (Å²) in [4.78, 5) is 0.172. The van der Waals surface area contributed by atoms with E-state index >= 15 is 0 Å². The first-order chi connectivity index (χ1) is 10.0. The quantitative estimate of drug-likeness (QED) is 0.921. The molecule has 0 heterocycles. The van der Waals surface area contributed by atoms with E-state index in [4.69, 9.17) is 16.9 Å². The third kappa shape index (κ3) is 4.30. The van der Waals surface area contributed by atoms with Gasteiger partial charge in [0.25, 0.3) is 0 Å². The molecule has 21 heavy (non-hydrogen) atoms. The highest BCUT2D eigenvalue weighted by Crippen LogP contribution is 2.13. The molecule has 2 aromatic carbocycles. The maximum absolute atomic E-state index is 12.2. The molecule has 0 radical (unpaired) electrons. The van der Waals surface area contributed by atoms with E-state index in [0.29, 0.717) is 5.02 Å². The summed E-state index contributed by atoms with van der Waals surface area (Å²) in [6.07, 6.45) is 0.260. The molecular weight excluding hydrogens is 308 g/mol. The van der Waals surface area contributed by atoms with Crippen LogP contribution in [-0.4, -0.2) is 8.42 Å². The number of rotatable bonds is 5. The second-order valence-electron chi connectivity index (χ2n) is 4.43. The lowest BCUT2D eigenvalue weighted by atomic mass is 10.2. The van der Waals surface area contributed by atoms with Gasteiger partial charge in [-0.2, -0.15) is 5.26 Å². The van der Waals surface area contributed by atoms with E-state index < -0.39 is 10.0 Å². The van der Waals surface area contributed by atoms with E-state index in [1.807, 2.05) is 6.07 Å². The largest absolute Gasteiger partial charge is 0.240 e. The third-order valence-electron chi connectivity index (χ3n) is 2.87. The molecule has 0 atom stereocenters. The van der Waals surface area contributed by atoms with Crippen molar-refractivity contribution in [2.75, 3.05) is 0 Å². The first kappa shape index (κ1) is 15.5. The van der Waals surface area contributed by atoms with Crippen LogP contribution in [0, 0.1) is 11.3 Å². The fourth-order valence-corrected chi connectivity index (χ4v) is 3.02. The van der Waals surface area contributed by atoms with Crippen molar-refractivity contribution in [3.63, 3.8) is 0 Å². The zero-order chi connectivity index (χ0) is 15.3. The first-order valence-corrected chi connectivity index (χ1v) is 8.07. The van der Waals surface area contributed by atoms with E-state index in [0.717, 1.165) is 11.1 Å². The molecule has 0 saturated heterocycles. The molecule has 0 aliphatic carbocycles. The van der Waals surface area contributed by atoms with Crippen molar-refractivity contribution in [1.82, 2.24) is 4.72 Å². The van der Waals surface area contributed by atoms with Gasteiger partial charge in [0, 0.05) is 11.6 Å². The molecule has 0 bridgehead atoms. The number of halogens is 1. The van der Waals surface area contributed by atoms with Gasteiger partial charge in [0.1, 0.15) is 0 Å². The molecule has 108 valence electrons. The lowest BCUT2D eigenvalue weighted by molar-refractivity contribution is 0.581. The number of benzene rings is 2. The van der Waals surface area contributed by atoms with Crippen molar-refractivity contribution in [2.45, 2.75) is 17.9 Å². The molecule has 0 aromatic heterocycles. The monoisotopic (exact) mass is 320 g/mol. The minimum absolute atomic E-state index is 0.169. The minimum atomic E-state index is -3.58. The number of hydrogen-bond acceptors (Lipinski definition) is 3. The van der Waals surface area contributed by atoms with E-state index in [-0.39, 0.29) is 17.9 Å². The van der Waals surface area contributed by atoms with Crippen LogP contribution >= 0.6 is 11.6 Å². The average molecular weight is 321 g/mol. The van der Waals surface area contributed by atoms with Gasteiger partial charge in [-0.25, -0.2) is 13.1 Å². The molecule has 0 spiro atoms. The Kier molecular flexibility index (Phi) is 4.97. The van der Waals surface area contributed by atoms with Crippen molar-refractivity contribution in [3.8, 4) is 6.07 Å². The molecule has 2 rings (SSSR count). The maximum Gasteiger partial charge on any atom is 0.240 e. The number of nitrogens with one attached hydrogen (secondary N) is 1. The first-order valence-electron chi connectivity index (χ1n) is 6.21. The Morgan fingerprint density at radius 3 is 2.43 bits per heavy atom. The summed E-state index contributed by atoms with van der Waals surface area (Å²) in [7, 11) is -3.58. The smallest absolute Gasteiger partial charge is 0.207 e. The summed E-state index contributed by atoms with van der Waals surface area (Å²) >= 11 is 5.86. The van der Waals surface area contributed by atoms with E-state index in [1.165, 1.54) is 12.1 Å². The number of nitrogens with zero attached hydrogens (tertiary/aromatic N) is 1. The van der Waals surface area contributed by atoms with Crippen LogP contribution in [0.15, 0.2) is 53.4 Å². The van der Waals surface area contributed by atoms with Gasteiger partial charge in [0.15, 0.2) is 0 Å². The van der Waals surface area contributed by atoms with Crippen LogP contribution in [0.3, 0.4) is 0 Å². The summed E-state index contributed by atoms with van der Waals surface area (Å²) in [5.41, 5.74) is 1.57. The van der Waals surface area contributed by atoms with Gasteiger partial charge in [-0.1, -0.05) is 35.9 Å². The minimum Gasteiger partial charge on any atom is -0.207 e. The summed E-state index contributed by atoms with van der Waals surface area (Å²) < 4.78 is 26.8. The topological polar surface area (TPSA) is 70.0 Å². The van der Waals surface area contributed by atoms with Gasteiger partial charge in [-0.3, -0.25) is 0 Å². The lowest BCUT2D eigenvalue weighted by Gasteiger charge is -2.07. The van der Waals surface area contributed by atoms with Crippen molar-refractivity contribution >= 4 is 21.6 Å². The van der Waals surface area contributed by atoms with E-state index in [1.54, 1.807) is 36.4 Å². The standard InChI is InChI=1S/C15H13ClN2O2S/c16-14-3-1-2-13(10-14)11-18-21(19,20)15-6-4-12(5-7-15)8-9-17/h1-7,10,18H,8,11H2. The molecule has 0 unspecified atom stereocenters. The Bertz CT molecular complexity index is 765.